The number of ether oxygens (including phenoxy) is 4. The van der Waals surface area contributed by atoms with Gasteiger partial charge in [0.05, 0.1) is 34.0 Å². The molecule has 16 nitrogen and oxygen atoms in total. The lowest BCUT2D eigenvalue weighted by molar-refractivity contribution is 0.126. The first-order valence-corrected chi connectivity index (χ1v) is 16.5. The van der Waals surface area contributed by atoms with Crippen LogP contribution in [0.5, 0.6) is 23.0 Å². The Morgan fingerprint density at radius 1 is 0.692 bits per heavy atom. The van der Waals surface area contributed by atoms with E-state index in [2.05, 4.69) is 31.6 Å². The highest BCUT2D eigenvalue weighted by atomic mass is 16.6. The van der Waals surface area contributed by atoms with Gasteiger partial charge in [0.15, 0.2) is 34.6 Å². The Labute approximate surface area is 300 Å². The molecule has 1 amide bonds. The standard InChI is InChI=1S/C36H43N9O7/c1-21(46)17-39-34-42-30-31(32(44-34)37-19-23-11-13-26(47)28(15-23)50-4)43-35(40-18-22(2)52-36(48)41-25-9-7-6-8-10-25)45-33(30)38-20-24-12-14-27(49-3)29(16-24)51-5/h6-16,21-22,46-47H,17-20H2,1-5H3,(H,41,48)(H2,37,39,42,44)(H2,38,40,43,45). The Bertz CT molecular complexity index is 1960. The van der Waals surface area contributed by atoms with Crippen LogP contribution in [0, 0.1) is 0 Å². The van der Waals surface area contributed by atoms with E-state index < -0.39 is 18.3 Å². The van der Waals surface area contributed by atoms with Gasteiger partial charge in [0.2, 0.25) is 11.9 Å². The van der Waals surface area contributed by atoms with E-state index in [1.165, 1.54) is 7.11 Å². The zero-order valence-electron chi connectivity index (χ0n) is 29.6. The van der Waals surface area contributed by atoms with Crippen LogP contribution in [0.1, 0.15) is 25.0 Å². The van der Waals surface area contributed by atoms with Crippen LogP contribution in [0.25, 0.3) is 11.0 Å². The summed E-state index contributed by atoms with van der Waals surface area (Å²) in [7, 11) is 4.63. The number of rotatable bonds is 17. The van der Waals surface area contributed by atoms with Gasteiger partial charge in [0.25, 0.3) is 0 Å². The molecule has 0 aliphatic rings. The first-order valence-electron chi connectivity index (χ1n) is 16.5. The fraction of sp³-hybridized carbons (Fsp3) is 0.306. The number of methoxy groups -OCH3 is 3. The Balaban J connectivity index is 1.47. The second-order valence-electron chi connectivity index (χ2n) is 11.7. The summed E-state index contributed by atoms with van der Waals surface area (Å²) in [6.45, 7) is 4.41. The normalized spacial score (nSPS) is 12.0. The van der Waals surface area contributed by atoms with Crippen LogP contribution in [-0.2, 0) is 17.8 Å². The number of carbonyl (C=O) groups is 1. The fourth-order valence-electron chi connectivity index (χ4n) is 4.98. The maximum absolute atomic E-state index is 12.5. The molecular formula is C36H43N9O7. The summed E-state index contributed by atoms with van der Waals surface area (Å²) in [4.78, 5) is 31.4. The van der Waals surface area contributed by atoms with E-state index in [-0.39, 0.29) is 30.7 Å². The minimum atomic E-state index is -0.662. The van der Waals surface area contributed by atoms with Crippen molar-refractivity contribution in [2.45, 2.75) is 39.1 Å². The summed E-state index contributed by atoms with van der Waals surface area (Å²) in [5.74, 6) is 2.75. The van der Waals surface area contributed by atoms with Gasteiger partial charge < -0.3 is 50.4 Å². The van der Waals surface area contributed by atoms with E-state index >= 15 is 0 Å². The largest absolute Gasteiger partial charge is 0.504 e. The van der Waals surface area contributed by atoms with Gasteiger partial charge in [0, 0.05) is 25.3 Å². The van der Waals surface area contributed by atoms with Crippen molar-refractivity contribution >= 4 is 46.3 Å². The van der Waals surface area contributed by atoms with E-state index in [0.29, 0.717) is 58.7 Å². The number of aromatic nitrogens is 4. The monoisotopic (exact) mass is 713 g/mol. The highest BCUT2D eigenvalue weighted by Gasteiger charge is 2.19. The van der Waals surface area contributed by atoms with E-state index in [0.717, 1.165) is 11.1 Å². The maximum Gasteiger partial charge on any atom is 0.411 e. The predicted octanol–water partition coefficient (Wildman–Crippen LogP) is 5.22. The smallest absolute Gasteiger partial charge is 0.411 e. The predicted molar refractivity (Wildman–Crippen MR) is 199 cm³/mol. The van der Waals surface area contributed by atoms with Crippen LogP contribution < -0.4 is 40.8 Å². The zero-order chi connectivity index (χ0) is 37.0. The number of nitrogens with one attached hydrogen (secondary N) is 5. The van der Waals surface area contributed by atoms with Crippen molar-refractivity contribution in [2.75, 3.05) is 61.0 Å². The maximum atomic E-state index is 12.5. The van der Waals surface area contributed by atoms with E-state index in [1.54, 1.807) is 58.4 Å². The molecule has 0 radical (unpaired) electrons. The molecule has 52 heavy (non-hydrogen) atoms. The highest BCUT2D eigenvalue weighted by molar-refractivity contribution is 5.94. The van der Waals surface area contributed by atoms with Crippen molar-refractivity contribution in [3.05, 3.63) is 77.9 Å². The highest BCUT2D eigenvalue weighted by Crippen LogP contribution is 2.31. The fourth-order valence-corrected chi connectivity index (χ4v) is 4.98. The van der Waals surface area contributed by atoms with Crippen molar-refractivity contribution in [1.82, 2.24) is 19.9 Å². The van der Waals surface area contributed by atoms with Gasteiger partial charge >= 0.3 is 6.09 Å². The number of phenols is 1. The lowest BCUT2D eigenvalue weighted by Gasteiger charge is -2.18. The average molecular weight is 714 g/mol. The summed E-state index contributed by atoms with van der Waals surface area (Å²) in [5, 5.41) is 35.7. The second-order valence-corrected chi connectivity index (χ2v) is 11.7. The van der Waals surface area contributed by atoms with Gasteiger partial charge in [-0.2, -0.15) is 9.97 Å². The zero-order valence-corrected chi connectivity index (χ0v) is 29.6. The number of para-hydroxylation sites is 1. The van der Waals surface area contributed by atoms with Gasteiger partial charge in [0.1, 0.15) is 17.1 Å². The molecule has 2 atom stereocenters. The number of nitrogens with zero attached hydrogens (tertiary/aromatic N) is 4. The number of fused-ring (bicyclic) bond motifs is 1. The third kappa shape index (κ3) is 9.91. The number of hydrogen-bond donors (Lipinski definition) is 7. The summed E-state index contributed by atoms with van der Waals surface area (Å²) in [5.41, 5.74) is 3.08. The third-order valence-corrected chi connectivity index (χ3v) is 7.59. The molecule has 7 N–H and O–H groups in total. The van der Waals surface area contributed by atoms with Gasteiger partial charge in [-0.3, -0.25) is 5.32 Å². The van der Waals surface area contributed by atoms with Crippen molar-refractivity contribution in [2.24, 2.45) is 0 Å². The van der Waals surface area contributed by atoms with Crippen LogP contribution in [0.3, 0.4) is 0 Å². The topological polar surface area (TPSA) is 206 Å². The molecule has 0 fully saturated rings. The summed E-state index contributed by atoms with van der Waals surface area (Å²) < 4.78 is 21.7. The van der Waals surface area contributed by atoms with Crippen molar-refractivity contribution in [3.8, 4) is 23.0 Å². The Morgan fingerprint density at radius 2 is 1.25 bits per heavy atom. The first-order chi connectivity index (χ1) is 25.1. The minimum absolute atomic E-state index is 0.0211. The van der Waals surface area contributed by atoms with Crippen LogP contribution in [0.4, 0.5) is 34.0 Å². The lowest BCUT2D eigenvalue weighted by atomic mass is 10.2. The summed E-state index contributed by atoms with van der Waals surface area (Å²) >= 11 is 0. The SMILES string of the molecule is COc1cc(CNc2nc(NCC(C)O)nc3c(NCc4ccc(OC)c(OC)c4)nc(NCC(C)OC(=O)Nc4ccccc4)nc23)ccc1O. The van der Waals surface area contributed by atoms with Gasteiger partial charge in [-0.25, -0.2) is 14.8 Å². The van der Waals surface area contributed by atoms with Gasteiger partial charge in [-0.15, -0.1) is 0 Å². The number of carbonyl (C=O) groups excluding carboxylic acids is 1. The average Bonchev–Trinajstić information content (AvgIpc) is 3.15. The molecule has 0 saturated heterocycles. The molecule has 2 heterocycles. The number of benzene rings is 3. The third-order valence-electron chi connectivity index (χ3n) is 7.59. The Morgan fingerprint density at radius 3 is 1.83 bits per heavy atom. The number of amides is 1. The second kappa shape index (κ2) is 17.6. The summed E-state index contributed by atoms with van der Waals surface area (Å²) in [6.07, 6.45) is -1.82. The van der Waals surface area contributed by atoms with E-state index in [9.17, 15) is 15.0 Å². The Kier molecular flexibility index (Phi) is 12.5. The van der Waals surface area contributed by atoms with Gasteiger partial charge in [-0.05, 0) is 61.4 Å². The Hall–Kier alpha value is -6.29. The molecule has 0 bridgehead atoms. The van der Waals surface area contributed by atoms with E-state index in [4.69, 9.17) is 33.9 Å². The number of aliphatic hydroxyl groups is 1. The molecule has 0 aliphatic carbocycles. The molecule has 274 valence electrons. The number of hydrogen-bond acceptors (Lipinski definition) is 15. The molecule has 0 aliphatic heterocycles. The van der Waals surface area contributed by atoms with Crippen molar-refractivity contribution in [1.29, 1.82) is 0 Å². The molecule has 2 unspecified atom stereocenters. The molecule has 5 aromatic rings. The van der Waals surface area contributed by atoms with Crippen LogP contribution in [-0.4, -0.2) is 82.9 Å². The lowest BCUT2D eigenvalue weighted by Crippen LogP contribution is -2.26. The van der Waals surface area contributed by atoms with Crippen molar-refractivity contribution < 1.29 is 34.0 Å². The molecule has 5 rings (SSSR count). The number of aliphatic hydroxyl groups excluding tert-OH is 1. The molecule has 16 heteroatoms. The van der Waals surface area contributed by atoms with Crippen LogP contribution in [0.2, 0.25) is 0 Å². The minimum Gasteiger partial charge on any atom is -0.504 e. The van der Waals surface area contributed by atoms with Crippen LogP contribution >= 0.6 is 0 Å². The van der Waals surface area contributed by atoms with Gasteiger partial charge in [-0.1, -0.05) is 30.3 Å². The molecular weight excluding hydrogens is 670 g/mol. The number of anilines is 5. The quantitative estimate of drug-likeness (QED) is 0.0660. The van der Waals surface area contributed by atoms with Crippen LogP contribution in [0.15, 0.2) is 66.7 Å². The molecule has 3 aromatic carbocycles. The van der Waals surface area contributed by atoms with E-state index in [1.807, 2.05) is 36.4 Å². The molecule has 0 saturated carbocycles. The summed E-state index contributed by atoms with van der Waals surface area (Å²) in [6, 6.07) is 19.6. The molecule has 0 spiro atoms. The van der Waals surface area contributed by atoms with Crippen molar-refractivity contribution in [3.63, 3.8) is 0 Å². The number of aromatic hydroxyl groups is 1. The number of phenolic OH excluding ortho intramolecular Hbond substituents is 1. The first kappa shape index (κ1) is 37.0. The molecule has 2 aromatic heterocycles.